The molecule has 0 saturated carbocycles. The van der Waals surface area contributed by atoms with E-state index >= 15 is 0 Å². The Morgan fingerprint density at radius 3 is 2.43 bits per heavy atom. The summed E-state index contributed by atoms with van der Waals surface area (Å²) in [6.45, 7) is 0.931. The number of likely N-dealkylation sites (N-methyl/N-ethyl adjacent to an activating group) is 2. The fraction of sp³-hybridized carbons (Fsp3) is 0.889. The van der Waals surface area contributed by atoms with Crippen LogP contribution in [0.3, 0.4) is 0 Å². The Kier molecular flexibility index (Phi) is 8.51. The maximum absolute atomic E-state index is 11.3. The molecule has 0 saturated heterocycles. The fourth-order valence-corrected chi connectivity index (χ4v) is 1.27. The Bertz CT molecular complexity index is 152. The van der Waals surface area contributed by atoms with Gasteiger partial charge in [0.1, 0.15) is 0 Å². The molecule has 5 heteroatoms. The van der Waals surface area contributed by atoms with E-state index in [0.717, 1.165) is 25.8 Å². The van der Waals surface area contributed by atoms with Gasteiger partial charge in [-0.1, -0.05) is 6.42 Å². The average molecular weight is 202 g/mol. The molecule has 0 aliphatic heterocycles. The normalized spacial score (nSPS) is 12.5. The van der Waals surface area contributed by atoms with Gasteiger partial charge in [0.2, 0.25) is 5.91 Å². The first-order valence-electron chi connectivity index (χ1n) is 5.04. The van der Waals surface area contributed by atoms with Crippen molar-refractivity contribution in [1.29, 1.82) is 0 Å². The van der Waals surface area contributed by atoms with E-state index in [9.17, 15) is 4.79 Å². The van der Waals surface area contributed by atoms with Crippen molar-refractivity contribution in [1.82, 2.24) is 21.5 Å². The zero-order chi connectivity index (χ0) is 10.8. The molecule has 0 heterocycles. The van der Waals surface area contributed by atoms with Crippen molar-refractivity contribution in [2.45, 2.75) is 25.3 Å². The van der Waals surface area contributed by atoms with E-state index in [1.165, 1.54) is 0 Å². The second-order valence-electron chi connectivity index (χ2n) is 3.13. The number of hydrogen-bond acceptors (Lipinski definition) is 4. The van der Waals surface area contributed by atoms with Gasteiger partial charge in [0.15, 0.2) is 0 Å². The second-order valence-corrected chi connectivity index (χ2v) is 3.13. The lowest BCUT2D eigenvalue weighted by molar-refractivity contribution is -0.122. The van der Waals surface area contributed by atoms with E-state index in [1.807, 2.05) is 14.1 Å². The summed E-state index contributed by atoms with van der Waals surface area (Å²) in [5.74, 6) is 0.0640. The molecule has 0 aromatic carbocycles. The van der Waals surface area contributed by atoms with E-state index in [1.54, 1.807) is 7.05 Å². The molecule has 0 aromatic rings. The summed E-state index contributed by atoms with van der Waals surface area (Å²) in [6, 6.07) is -0.0606. The van der Waals surface area contributed by atoms with Gasteiger partial charge in [0.05, 0.1) is 6.04 Å². The van der Waals surface area contributed by atoms with Crippen LogP contribution in [0.2, 0.25) is 0 Å². The van der Waals surface area contributed by atoms with Crippen LogP contribution < -0.4 is 21.5 Å². The molecule has 1 atom stereocenters. The van der Waals surface area contributed by atoms with Crippen molar-refractivity contribution < 1.29 is 4.79 Å². The molecule has 0 aliphatic rings. The van der Waals surface area contributed by atoms with Crippen LogP contribution in [0.4, 0.5) is 0 Å². The van der Waals surface area contributed by atoms with Crippen LogP contribution in [0.25, 0.3) is 0 Å². The number of unbranched alkanes of at least 4 members (excludes halogenated alkanes) is 1. The Hall–Kier alpha value is -0.650. The molecule has 0 fully saturated rings. The summed E-state index contributed by atoms with van der Waals surface area (Å²) in [6.07, 6.45) is 2.98. The molecule has 1 unspecified atom stereocenters. The third kappa shape index (κ3) is 5.90. The lowest BCUT2D eigenvalue weighted by Gasteiger charge is -2.13. The molecule has 0 spiro atoms. The minimum absolute atomic E-state index is 0.0606. The topological polar surface area (TPSA) is 65.2 Å². The van der Waals surface area contributed by atoms with Crippen LogP contribution in [-0.2, 0) is 4.79 Å². The maximum Gasteiger partial charge on any atom is 0.236 e. The number of rotatable bonds is 8. The molecule has 84 valence electrons. The van der Waals surface area contributed by atoms with Crippen LogP contribution in [0.15, 0.2) is 0 Å². The van der Waals surface area contributed by atoms with Gasteiger partial charge < -0.3 is 10.6 Å². The van der Waals surface area contributed by atoms with E-state index in [4.69, 9.17) is 0 Å². The molecular weight excluding hydrogens is 180 g/mol. The Balaban J connectivity index is 3.48. The van der Waals surface area contributed by atoms with Gasteiger partial charge in [0, 0.05) is 13.6 Å². The van der Waals surface area contributed by atoms with Crippen LogP contribution in [0, 0.1) is 0 Å². The van der Waals surface area contributed by atoms with E-state index in [-0.39, 0.29) is 11.9 Å². The minimum atomic E-state index is -0.0606. The summed E-state index contributed by atoms with van der Waals surface area (Å²) >= 11 is 0. The zero-order valence-electron chi connectivity index (χ0n) is 9.31. The number of hydrazine groups is 1. The minimum Gasteiger partial charge on any atom is -0.358 e. The number of hydrogen-bond donors (Lipinski definition) is 4. The molecular formula is C9H22N4O. The van der Waals surface area contributed by atoms with Gasteiger partial charge in [0.25, 0.3) is 0 Å². The van der Waals surface area contributed by atoms with Crippen LogP contribution in [0.5, 0.6) is 0 Å². The lowest BCUT2D eigenvalue weighted by atomic mass is 10.1. The Labute approximate surface area is 86.0 Å². The third-order valence-corrected chi connectivity index (χ3v) is 2.13. The monoisotopic (exact) mass is 202 g/mol. The number of carbonyl (C=O) groups is 1. The third-order valence-electron chi connectivity index (χ3n) is 2.13. The smallest absolute Gasteiger partial charge is 0.236 e. The molecule has 14 heavy (non-hydrogen) atoms. The van der Waals surface area contributed by atoms with Gasteiger partial charge >= 0.3 is 0 Å². The van der Waals surface area contributed by atoms with Gasteiger partial charge in [-0.15, -0.1) is 0 Å². The molecule has 0 aliphatic carbocycles. The van der Waals surface area contributed by atoms with Crippen molar-refractivity contribution >= 4 is 5.91 Å². The first kappa shape index (κ1) is 13.4. The van der Waals surface area contributed by atoms with E-state index < -0.39 is 0 Å². The average Bonchev–Trinajstić information content (AvgIpc) is 2.22. The highest BCUT2D eigenvalue weighted by Gasteiger charge is 2.13. The maximum atomic E-state index is 11.3. The first-order chi connectivity index (χ1) is 6.76. The number of nitrogens with one attached hydrogen (secondary N) is 4. The predicted octanol–water partition coefficient (Wildman–Crippen LogP) is -0.785. The summed E-state index contributed by atoms with van der Waals surface area (Å²) < 4.78 is 0. The van der Waals surface area contributed by atoms with Crippen LogP contribution >= 0.6 is 0 Å². The summed E-state index contributed by atoms with van der Waals surface area (Å²) in [4.78, 5) is 11.3. The van der Waals surface area contributed by atoms with Crippen molar-refractivity contribution in [3.63, 3.8) is 0 Å². The summed E-state index contributed by atoms with van der Waals surface area (Å²) in [5.41, 5.74) is 5.87. The Morgan fingerprint density at radius 2 is 1.93 bits per heavy atom. The van der Waals surface area contributed by atoms with E-state index in [2.05, 4.69) is 21.5 Å². The van der Waals surface area contributed by atoms with Crippen LogP contribution in [0.1, 0.15) is 19.3 Å². The quantitative estimate of drug-likeness (QED) is 0.308. The SMILES string of the molecule is CNNCCCCC(NC)C(=O)NC. The molecule has 1 amide bonds. The lowest BCUT2D eigenvalue weighted by Crippen LogP contribution is -2.41. The van der Waals surface area contributed by atoms with Gasteiger partial charge in [-0.05, 0) is 26.9 Å². The summed E-state index contributed by atoms with van der Waals surface area (Å²) in [7, 11) is 5.32. The molecule has 0 rings (SSSR count). The van der Waals surface area contributed by atoms with Crippen molar-refractivity contribution in [3.8, 4) is 0 Å². The first-order valence-corrected chi connectivity index (χ1v) is 5.04. The molecule has 0 aromatic heterocycles. The summed E-state index contributed by atoms with van der Waals surface area (Å²) in [5, 5.41) is 5.63. The standard InChI is InChI=1S/C9H22N4O/c1-10-8(9(14)11-2)6-4-5-7-13-12-3/h8,10,12-13H,4-7H2,1-3H3,(H,11,14). The zero-order valence-corrected chi connectivity index (χ0v) is 9.31. The van der Waals surface area contributed by atoms with Crippen LogP contribution in [-0.4, -0.2) is 39.6 Å². The van der Waals surface area contributed by atoms with Crippen molar-refractivity contribution in [3.05, 3.63) is 0 Å². The van der Waals surface area contributed by atoms with Gasteiger partial charge in [-0.3, -0.25) is 15.6 Å². The molecule has 4 N–H and O–H groups in total. The Morgan fingerprint density at radius 1 is 1.21 bits per heavy atom. The van der Waals surface area contributed by atoms with Crippen molar-refractivity contribution in [2.24, 2.45) is 0 Å². The highest BCUT2D eigenvalue weighted by atomic mass is 16.2. The van der Waals surface area contributed by atoms with Gasteiger partial charge in [-0.2, -0.15) is 0 Å². The number of carbonyl (C=O) groups excluding carboxylic acids is 1. The highest BCUT2D eigenvalue weighted by Crippen LogP contribution is 1.99. The molecule has 5 nitrogen and oxygen atoms in total. The highest BCUT2D eigenvalue weighted by molar-refractivity contribution is 5.81. The molecule has 0 bridgehead atoms. The van der Waals surface area contributed by atoms with E-state index in [0.29, 0.717) is 0 Å². The second kappa shape index (κ2) is 8.93. The molecule has 0 radical (unpaired) electrons. The largest absolute Gasteiger partial charge is 0.358 e. The fourth-order valence-electron chi connectivity index (χ4n) is 1.27. The number of amides is 1. The predicted molar refractivity (Wildman–Crippen MR) is 57.8 cm³/mol. The van der Waals surface area contributed by atoms with Gasteiger partial charge in [-0.25, -0.2) is 0 Å². The van der Waals surface area contributed by atoms with Crippen molar-refractivity contribution in [2.75, 3.05) is 27.7 Å².